The molecule has 138 valence electrons. The Balaban J connectivity index is 1.60. The zero-order valence-corrected chi connectivity index (χ0v) is 15.7. The van der Waals surface area contributed by atoms with E-state index < -0.39 is 0 Å². The summed E-state index contributed by atoms with van der Waals surface area (Å²) in [4.78, 5) is 20.4. The molecule has 0 saturated carbocycles. The highest BCUT2D eigenvalue weighted by atomic mass is 32.1. The fourth-order valence-corrected chi connectivity index (χ4v) is 3.27. The first-order valence-corrected chi connectivity index (χ1v) is 9.56. The maximum atomic E-state index is 12.2. The van der Waals surface area contributed by atoms with Crippen LogP contribution in [0.25, 0.3) is 17.3 Å². The average Bonchev–Trinajstić information content (AvgIpc) is 3.38. The van der Waals surface area contributed by atoms with Gasteiger partial charge in [-0.2, -0.15) is 5.10 Å². The normalized spacial score (nSPS) is 11.0. The molecule has 0 radical (unpaired) electrons. The summed E-state index contributed by atoms with van der Waals surface area (Å²) in [5.41, 5.74) is 3.68. The third kappa shape index (κ3) is 4.39. The lowest BCUT2D eigenvalue weighted by Gasteiger charge is -2.01. The Hall–Kier alpha value is -3.58. The van der Waals surface area contributed by atoms with Gasteiger partial charge in [0.1, 0.15) is 5.69 Å². The SMILES string of the molecule is O=C(C=Cc1cn(Cc2ccccc2)nc1-c1cccnc1)Nc1nccs1. The summed E-state index contributed by atoms with van der Waals surface area (Å²) < 4.78 is 1.87. The van der Waals surface area contributed by atoms with Crippen LogP contribution < -0.4 is 5.32 Å². The van der Waals surface area contributed by atoms with Crippen molar-refractivity contribution in [1.29, 1.82) is 0 Å². The average molecular weight is 387 g/mol. The summed E-state index contributed by atoms with van der Waals surface area (Å²) in [6, 6.07) is 13.9. The number of hydrogen-bond donors (Lipinski definition) is 1. The predicted molar refractivity (Wildman–Crippen MR) is 111 cm³/mol. The molecule has 1 aromatic carbocycles. The van der Waals surface area contributed by atoms with E-state index in [0.717, 1.165) is 22.4 Å². The Labute approximate surface area is 166 Å². The summed E-state index contributed by atoms with van der Waals surface area (Å²) in [5, 5.41) is 9.84. The number of rotatable bonds is 6. The third-order valence-corrected chi connectivity index (χ3v) is 4.68. The van der Waals surface area contributed by atoms with Crippen LogP contribution in [-0.2, 0) is 11.3 Å². The number of nitrogens with zero attached hydrogens (tertiary/aromatic N) is 4. The number of nitrogens with one attached hydrogen (secondary N) is 1. The number of carbonyl (C=O) groups excluding carboxylic acids is 1. The molecule has 0 aliphatic carbocycles. The lowest BCUT2D eigenvalue weighted by atomic mass is 10.1. The van der Waals surface area contributed by atoms with Crippen LogP contribution in [0, 0.1) is 0 Å². The van der Waals surface area contributed by atoms with Gasteiger partial charge in [-0.3, -0.25) is 19.8 Å². The van der Waals surface area contributed by atoms with Crippen molar-refractivity contribution in [2.45, 2.75) is 6.54 Å². The number of aromatic nitrogens is 4. The van der Waals surface area contributed by atoms with Gasteiger partial charge in [0.2, 0.25) is 5.91 Å². The van der Waals surface area contributed by atoms with Crippen molar-refractivity contribution in [2.24, 2.45) is 0 Å². The molecule has 0 spiro atoms. The first kappa shape index (κ1) is 17.8. The van der Waals surface area contributed by atoms with Gasteiger partial charge in [-0.15, -0.1) is 11.3 Å². The van der Waals surface area contributed by atoms with Crippen molar-refractivity contribution in [3.8, 4) is 11.3 Å². The fourth-order valence-electron chi connectivity index (χ4n) is 2.74. The molecule has 0 aliphatic rings. The number of anilines is 1. The highest BCUT2D eigenvalue weighted by molar-refractivity contribution is 7.13. The maximum absolute atomic E-state index is 12.2. The number of pyridine rings is 1. The highest BCUT2D eigenvalue weighted by Crippen LogP contribution is 2.23. The van der Waals surface area contributed by atoms with Crippen molar-refractivity contribution < 1.29 is 4.79 Å². The molecule has 1 N–H and O–H groups in total. The molecule has 0 aliphatic heterocycles. The van der Waals surface area contributed by atoms with Gasteiger partial charge in [-0.25, -0.2) is 4.98 Å². The van der Waals surface area contributed by atoms with E-state index >= 15 is 0 Å². The number of hydrogen-bond acceptors (Lipinski definition) is 5. The van der Waals surface area contributed by atoms with Crippen LogP contribution in [0.5, 0.6) is 0 Å². The van der Waals surface area contributed by atoms with E-state index in [1.807, 2.05) is 46.6 Å². The van der Waals surface area contributed by atoms with E-state index in [2.05, 4.69) is 27.4 Å². The van der Waals surface area contributed by atoms with Crippen LogP contribution in [0.4, 0.5) is 5.13 Å². The Bertz CT molecular complexity index is 1070. The minimum absolute atomic E-state index is 0.233. The van der Waals surface area contributed by atoms with Gasteiger partial charge in [0.15, 0.2) is 5.13 Å². The molecule has 0 fully saturated rings. The van der Waals surface area contributed by atoms with Gasteiger partial charge in [0.25, 0.3) is 0 Å². The fraction of sp³-hybridized carbons (Fsp3) is 0.0476. The minimum atomic E-state index is -0.233. The molecule has 0 atom stereocenters. The second-order valence-corrected chi connectivity index (χ2v) is 6.91. The third-order valence-electron chi connectivity index (χ3n) is 3.99. The standard InChI is InChI=1S/C21H17N5OS/c27-19(24-21-23-11-12-28-21)9-8-18-15-26(14-16-5-2-1-3-6-16)25-20(18)17-7-4-10-22-13-17/h1-13,15H,14H2,(H,23,24,27). The molecule has 0 unspecified atom stereocenters. The van der Waals surface area contributed by atoms with Gasteiger partial charge in [0.05, 0.1) is 6.54 Å². The molecule has 1 amide bonds. The summed E-state index contributed by atoms with van der Waals surface area (Å²) in [7, 11) is 0. The van der Waals surface area contributed by atoms with Crippen LogP contribution in [0.3, 0.4) is 0 Å². The molecule has 3 heterocycles. The lowest BCUT2D eigenvalue weighted by Crippen LogP contribution is -2.07. The molecule has 4 rings (SSSR count). The molecule has 6 nitrogen and oxygen atoms in total. The number of thiazole rings is 1. The van der Waals surface area contributed by atoms with Crippen LogP contribution >= 0.6 is 11.3 Å². The monoisotopic (exact) mass is 387 g/mol. The van der Waals surface area contributed by atoms with Gasteiger partial charge in [-0.05, 0) is 23.8 Å². The highest BCUT2D eigenvalue weighted by Gasteiger charge is 2.10. The van der Waals surface area contributed by atoms with Gasteiger partial charge < -0.3 is 0 Å². The van der Waals surface area contributed by atoms with Crippen molar-refractivity contribution in [2.75, 3.05) is 5.32 Å². The Kier molecular flexibility index (Phi) is 5.35. The van der Waals surface area contributed by atoms with Crippen molar-refractivity contribution in [1.82, 2.24) is 19.7 Å². The zero-order chi connectivity index (χ0) is 19.2. The predicted octanol–water partition coefficient (Wildman–Crippen LogP) is 4.10. The van der Waals surface area contributed by atoms with Gasteiger partial charge in [0, 0.05) is 47.4 Å². The van der Waals surface area contributed by atoms with E-state index in [4.69, 9.17) is 5.10 Å². The second kappa shape index (κ2) is 8.41. The van der Waals surface area contributed by atoms with Gasteiger partial charge >= 0.3 is 0 Å². The Morgan fingerprint density at radius 2 is 2.04 bits per heavy atom. The van der Waals surface area contributed by atoms with Crippen LogP contribution in [-0.4, -0.2) is 25.7 Å². The van der Waals surface area contributed by atoms with E-state index in [0.29, 0.717) is 11.7 Å². The number of carbonyl (C=O) groups is 1. The van der Waals surface area contributed by atoms with E-state index in [-0.39, 0.29) is 5.91 Å². The maximum Gasteiger partial charge on any atom is 0.250 e. The molecule has 4 aromatic rings. The largest absolute Gasteiger partial charge is 0.298 e. The summed E-state index contributed by atoms with van der Waals surface area (Å²) in [6.45, 7) is 0.646. The first-order valence-electron chi connectivity index (χ1n) is 8.68. The second-order valence-electron chi connectivity index (χ2n) is 6.02. The quantitative estimate of drug-likeness (QED) is 0.506. The zero-order valence-electron chi connectivity index (χ0n) is 14.9. The molecule has 7 heteroatoms. The molecule has 3 aromatic heterocycles. The van der Waals surface area contributed by atoms with Crippen LogP contribution in [0.1, 0.15) is 11.1 Å². The summed E-state index contributed by atoms with van der Waals surface area (Å²) in [6.07, 6.45) is 10.3. The Morgan fingerprint density at radius 3 is 2.79 bits per heavy atom. The number of benzene rings is 1. The van der Waals surface area contributed by atoms with Crippen molar-refractivity contribution in [3.05, 3.63) is 89.8 Å². The van der Waals surface area contributed by atoms with E-state index in [1.54, 1.807) is 24.7 Å². The van der Waals surface area contributed by atoms with Crippen molar-refractivity contribution >= 4 is 28.5 Å². The lowest BCUT2D eigenvalue weighted by molar-refractivity contribution is -0.111. The van der Waals surface area contributed by atoms with Gasteiger partial charge in [-0.1, -0.05) is 30.3 Å². The van der Waals surface area contributed by atoms with Crippen molar-refractivity contribution in [3.63, 3.8) is 0 Å². The smallest absolute Gasteiger partial charge is 0.250 e. The van der Waals surface area contributed by atoms with E-state index in [1.165, 1.54) is 17.4 Å². The van der Waals surface area contributed by atoms with Crippen LogP contribution in [0.15, 0.2) is 78.7 Å². The van der Waals surface area contributed by atoms with E-state index in [9.17, 15) is 4.79 Å². The molecule has 28 heavy (non-hydrogen) atoms. The summed E-state index contributed by atoms with van der Waals surface area (Å²) in [5.74, 6) is -0.233. The summed E-state index contributed by atoms with van der Waals surface area (Å²) >= 11 is 1.38. The molecular weight excluding hydrogens is 370 g/mol. The topological polar surface area (TPSA) is 72.7 Å². The Morgan fingerprint density at radius 1 is 1.14 bits per heavy atom. The minimum Gasteiger partial charge on any atom is -0.298 e. The molecule has 0 saturated heterocycles. The first-order chi connectivity index (χ1) is 13.8. The molecule has 0 bridgehead atoms. The number of amides is 1. The molecular formula is C21H17N5OS. The van der Waals surface area contributed by atoms with Crippen LogP contribution in [0.2, 0.25) is 0 Å².